The van der Waals surface area contributed by atoms with E-state index in [1.54, 1.807) is 18.0 Å². The molecule has 0 aliphatic rings. The van der Waals surface area contributed by atoms with Crippen LogP contribution >= 0.6 is 35.0 Å². The summed E-state index contributed by atoms with van der Waals surface area (Å²) in [6.45, 7) is 0.660. The Morgan fingerprint density at radius 2 is 1.74 bits per heavy atom. The van der Waals surface area contributed by atoms with Gasteiger partial charge in [-0.3, -0.25) is 4.57 Å². The molecule has 2 aromatic heterocycles. The maximum Gasteiger partial charge on any atom is 0.200 e. The van der Waals surface area contributed by atoms with Crippen LogP contribution in [0.2, 0.25) is 10.0 Å². The van der Waals surface area contributed by atoms with E-state index in [1.807, 2.05) is 48.5 Å². The van der Waals surface area contributed by atoms with Crippen LogP contribution in [0.4, 0.5) is 0 Å². The molecule has 7 heteroatoms. The summed E-state index contributed by atoms with van der Waals surface area (Å²) in [5.41, 5.74) is 2.24. The van der Waals surface area contributed by atoms with Crippen molar-refractivity contribution in [1.82, 2.24) is 14.8 Å². The Bertz CT molecular complexity index is 1030. The first-order valence-electron chi connectivity index (χ1n) is 8.28. The van der Waals surface area contributed by atoms with Crippen LogP contribution in [-0.2, 0) is 12.3 Å². The van der Waals surface area contributed by atoms with Gasteiger partial charge >= 0.3 is 0 Å². The van der Waals surface area contributed by atoms with Crippen LogP contribution < -0.4 is 0 Å². The molecule has 0 bridgehead atoms. The molecule has 0 spiro atoms. The van der Waals surface area contributed by atoms with Crippen LogP contribution in [0.5, 0.6) is 0 Å². The molecule has 0 aliphatic carbocycles. The van der Waals surface area contributed by atoms with Gasteiger partial charge in [0.1, 0.15) is 0 Å². The summed E-state index contributed by atoms with van der Waals surface area (Å²) in [5, 5.41) is 10.7. The van der Waals surface area contributed by atoms with Gasteiger partial charge in [0.15, 0.2) is 10.9 Å². The van der Waals surface area contributed by atoms with Crippen molar-refractivity contribution in [3.05, 3.63) is 88.1 Å². The number of thioether (sulfide) groups is 1. The highest BCUT2D eigenvalue weighted by Gasteiger charge is 2.17. The molecule has 4 nitrogen and oxygen atoms in total. The zero-order valence-electron chi connectivity index (χ0n) is 14.2. The average molecular weight is 416 g/mol. The third-order valence-electron chi connectivity index (χ3n) is 3.99. The summed E-state index contributed by atoms with van der Waals surface area (Å²) in [7, 11) is 0. The van der Waals surface area contributed by atoms with Crippen molar-refractivity contribution in [3.8, 4) is 11.6 Å². The molecule has 2 heterocycles. The fraction of sp³-hybridized carbons (Fsp3) is 0.100. The molecule has 0 saturated heterocycles. The summed E-state index contributed by atoms with van der Waals surface area (Å²) in [6.07, 6.45) is 1.64. The second-order valence-electron chi connectivity index (χ2n) is 5.89. The van der Waals surface area contributed by atoms with Crippen molar-refractivity contribution >= 4 is 35.0 Å². The van der Waals surface area contributed by atoms with E-state index in [4.69, 9.17) is 27.6 Å². The van der Waals surface area contributed by atoms with E-state index in [-0.39, 0.29) is 0 Å². The normalized spacial score (nSPS) is 11.0. The van der Waals surface area contributed by atoms with E-state index >= 15 is 0 Å². The molecule has 4 aromatic rings. The third-order valence-corrected chi connectivity index (χ3v) is 5.77. The van der Waals surface area contributed by atoms with E-state index in [0.717, 1.165) is 10.7 Å². The smallest absolute Gasteiger partial charge is 0.200 e. The number of nitrogens with zero attached hydrogens (tertiary/aromatic N) is 3. The lowest BCUT2D eigenvalue weighted by molar-refractivity contribution is 0.569. The van der Waals surface area contributed by atoms with Crippen LogP contribution in [-0.4, -0.2) is 14.8 Å². The molecular formula is C20H15Cl2N3OS. The van der Waals surface area contributed by atoms with Crippen LogP contribution in [0.3, 0.4) is 0 Å². The molecule has 27 heavy (non-hydrogen) atoms. The summed E-state index contributed by atoms with van der Waals surface area (Å²) < 4.78 is 7.60. The van der Waals surface area contributed by atoms with E-state index < -0.39 is 0 Å². The molecule has 0 aliphatic heterocycles. The van der Waals surface area contributed by atoms with Crippen molar-refractivity contribution in [2.24, 2.45) is 0 Å². The van der Waals surface area contributed by atoms with E-state index in [1.165, 1.54) is 5.56 Å². The van der Waals surface area contributed by atoms with Crippen molar-refractivity contribution in [3.63, 3.8) is 0 Å². The lowest BCUT2D eigenvalue weighted by Gasteiger charge is -2.09. The van der Waals surface area contributed by atoms with Gasteiger partial charge in [-0.15, -0.1) is 10.2 Å². The molecular weight excluding hydrogens is 401 g/mol. The fourth-order valence-electron chi connectivity index (χ4n) is 2.67. The largest absolute Gasteiger partial charge is 0.461 e. The van der Waals surface area contributed by atoms with Crippen LogP contribution in [0, 0.1) is 0 Å². The average Bonchev–Trinajstić information content (AvgIpc) is 3.34. The SMILES string of the molecule is Clc1ccc(CSc2nnc(-c3ccco3)n2Cc2ccccc2)cc1Cl. The van der Waals surface area contributed by atoms with Crippen molar-refractivity contribution in [2.45, 2.75) is 17.5 Å². The maximum atomic E-state index is 6.12. The van der Waals surface area contributed by atoms with Gasteiger partial charge in [0, 0.05) is 5.75 Å². The van der Waals surface area contributed by atoms with Crippen LogP contribution in [0.15, 0.2) is 76.5 Å². The lowest BCUT2D eigenvalue weighted by Crippen LogP contribution is -2.03. The lowest BCUT2D eigenvalue weighted by atomic mass is 10.2. The number of furan rings is 1. The van der Waals surface area contributed by atoms with E-state index in [2.05, 4.69) is 26.9 Å². The highest BCUT2D eigenvalue weighted by Crippen LogP contribution is 2.29. The first-order valence-corrected chi connectivity index (χ1v) is 10.0. The molecule has 2 aromatic carbocycles. The van der Waals surface area contributed by atoms with Crippen molar-refractivity contribution in [2.75, 3.05) is 0 Å². The number of rotatable bonds is 6. The monoisotopic (exact) mass is 415 g/mol. The standard InChI is InChI=1S/C20H15Cl2N3OS/c21-16-9-8-15(11-17(16)22)13-27-20-24-23-19(18-7-4-10-26-18)25(20)12-14-5-2-1-3-6-14/h1-11H,12-13H2. The summed E-state index contributed by atoms with van der Waals surface area (Å²) in [5.74, 6) is 2.11. The summed E-state index contributed by atoms with van der Waals surface area (Å²) in [6, 6.07) is 19.6. The van der Waals surface area contributed by atoms with E-state index in [9.17, 15) is 0 Å². The molecule has 0 amide bonds. The predicted molar refractivity (Wildman–Crippen MR) is 109 cm³/mol. The topological polar surface area (TPSA) is 43.9 Å². The van der Waals surface area contributed by atoms with Gasteiger partial charge in [-0.25, -0.2) is 0 Å². The van der Waals surface area contributed by atoms with Gasteiger partial charge in [0.25, 0.3) is 0 Å². The molecule has 0 fully saturated rings. The highest BCUT2D eigenvalue weighted by molar-refractivity contribution is 7.98. The van der Waals surface area contributed by atoms with Crippen molar-refractivity contribution < 1.29 is 4.42 Å². The predicted octanol–water partition coefficient (Wildman–Crippen LogP) is 6.19. The molecule has 4 rings (SSSR count). The Labute approximate surface area is 171 Å². The van der Waals surface area contributed by atoms with Gasteiger partial charge in [0.05, 0.1) is 22.9 Å². The molecule has 0 saturated carbocycles. The van der Waals surface area contributed by atoms with Crippen molar-refractivity contribution in [1.29, 1.82) is 0 Å². The fourth-order valence-corrected chi connectivity index (χ4v) is 3.87. The second kappa shape index (κ2) is 8.21. The molecule has 0 atom stereocenters. The van der Waals surface area contributed by atoms with Gasteiger partial charge in [-0.1, -0.05) is 71.4 Å². The Kier molecular flexibility index (Phi) is 5.53. The number of halogens is 2. The first kappa shape index (κ1) is 18.2. The molecule has 0 radical (unpaired) electrons. The highest BCUT2D eigenvalue weighted by atomic mass is 35.5. The third kappa shape index (κ3) is 4.21. The number of hydrogen-bond donors (Lipinski definition) is 0. The first-order chi connectivity index (χ1) is 13.2. The Morgan fingerprint density at radius 3 is 2.48 bits per heavy atom. The second-order valence-corrected chi connectivity index (χ2v) is 7.65. The molecule has 136 valence electrons. The molecule has 0 unspecified atom stereocenters. The molecule has 0 N–H and O–H groups in total. The van der Waals surface area contributed by atoms with Gasteiger partial charge in [0.2, 0.25) is 5.82 Å². The van der Waals surface area contributed by atoms with E-state index in [0.29, 0.717) is 33.9 Å². The van der Waals surface area contributed by atoms with Gasteiger partial charge in [-0.05, 0) is 35.4 Å². The van der Waals surface area contributed by atoms with Crippen LogP contribution in [0.1, 0.15) is 11.1 Å². The Balaban J connectivity index is 1.62. The van der Waals surface area contributed by atoms with Crippen LogP contribution in [0.25, 0.3) is 11.6 Å². The number of hydrogen-bond acceptors (Lipinski definition) is 4. The van der Waals surface area contributed by atoms with Gasteiger partial charge < -0.3 is 4.42 Å². The van der Waals surface area contributed by atoms with Gasteiger partial charge in [-0.2, -0.15) is 0 Å². The zero-order chi connectivity index (χ0) is 18.6. The summed E-state index contributed by atoms with van der Waals surface area (Å²) in [4.78, 5) is 0. The number of aromatic nitrogens is 3. The minimum absolute atomic E-state index is 0.553. The Morgan fingerprint density at radius 1 is 0.889 bits per heavy atom. The Hall–Kier alpha value is -2.21. The minimum atomic E-state index is 0.553. The zero-order valence-corrected chi connectivity index (χ0v) is 16.5. The number of benzene rings is 2. The maximum absolute atomic E-state index is 6.12. The minimum Gasteiger partial charge on any atom is -0.461 e. The quantitative estimate of drug-likeness (QED) is 0.352. The summed E-state index contributed by atoms with van der Waals surface area (Å²) >= 11 is 13.7.